The lowest BCUT2D eigenvalue weighted by Gasteiger charge is -2.04. The Hall–Kier alpha value is -1.42. The predicted molar refractivity (Wildman–Crippen MR) is 69.4 cm³/mol. The summed E-state index contributed by atoms with van der Waals surface area (Å²) in [5.74, 6) is -0.366. The van der Waals surface area contributed by atoms with Gasteiger partial charge in [0.25, 0.3) is 0 Å². The van der Waals surface area contributed by atoms with Crippen LogP contribution >= 0.6 is 0 Å². The predicted octanol–water partition coefficient (Wildman–Crippen LogP) is 2.97. The molecule has 0 unspecified atom stereocenters. The van der Waals surface area contributed by atoms with E-state index in [4.69, 9.17) is 4.74 Å². The molecular formula is C14H21NO3. The van der Waals surface area contributed by atoms with Crippen molar-refractivity contribution in [2.45, 2.75) is 39.2 Å². The minimum Gasteiger partial charge on any atom is -0.465 e. The van der Waals surface area contributed by atoms with Gasteiger partial charge in [-0.05, 0) is 18.6 Å². The first-order chi connectivity index (χ1) is 8.77. The van der Waals surface area contributed by atoms with Gasteiger partial charge in [-0.25, -0.2) is 4.79 Å². The number of methoxy groups -OCH3 is 1. The third-order valence-corrected chi connectivity index (χ3v) is 2.64. The molecule has 4 heteroatoms. The van der Waals surface area contributed by atoms with E-state index in [0.29, 0.717) is 12.2 Å². The molecule has 1 rings (SSSR count). The van der Waals surface area contributed by atoms with Crippen LogP contribution < -0.4 is 0 Å². The van der Waals surface area contributed by atoms with E-state index in [1.54, 1.807) is 12.1 Å². The molecule has 0 radical (unpaired) electrons. The molecule has 0 aliphatic rings. The fraction of sp³-hybridized carbons (Fsp3) is 0.571. The third-order valence-electron chi connectivity index (χ3n) is 2.64. The maximum Gasteiger partial charge on any atom is 0.339 e. The normalized spacial score (nSPS) is 10.3. The van der Waals surface area contributed by atoms with E-state index in [1.807, 2.05) is 0 Å². The fourth-order valence-corrected chi connectivity index (χ4v) is 1.56. The molecule has 0 fully saturated rings. The van der Waals surface area contributed by atoms with Crippen molar-refractivity contribution in [2.24, 2.45) is 0 Å². The number of pyridine rings is 1. The summed E-state index contributed by atoms with van der Waals surface area (Å²) >= 11 is 0. The molecular weight excluding hydrogens is 230 g/mol. The zero-order valence-electron chi connectivity index (χ0n) is 11.1. The molecule has 0 atom stereocenters. The van der Waals surface area contributed by atoms with Crippen molar-refractivity contribution in [3.63, 3.8) is 0 Å². The summed E-state index contributed by atoms with van der Waals surface area (Å²) in [6, 6.07) is 3.49. The van der Waals surface area contributed by atoms with Gasteiger partial charge in [-0.1, -0.05) is 26.2 Å². The Balaban J connectivity index is 2.25. The summed E-state index contributed by atoms with van der Waals surface area (Å²) in [6.45, 7) is 3.45. The molecule has 0 amide bonds. The number of carbonyl (C=O) groups excluding carboxylic acids is 1. The van der Waals surface area contributed by atoms with Gasteiger partial charge in [-0.15, -0.1) is 0 Å². The van der Waals surface area contributed by atoms with Crippen molar-refractivity contribution in [3.05, 3.63) is 29.6 Å². The van der Waals surface area contributed by atoms with Gasteiger partial charge in [0.2, 0.25) is 0 Å². The molecule has 0 aromatic carbocycles. The van der Waals surface area contributed by atoms with Crippen LogP contribution in [0.5, 0.6) is 0 Å². The van der Waals surface area contributed by atoms with E-state index in [-0.39, 0.29) is 5.97 Å². The van der Waals surface area contributed by atoms with Crippen molar-refractivity contribution < 1.29 is 14.3 Å². The van der Waals surface area contributed by atoms with Crippen LogP contribution in [0.4, 0.5) is 0 Å². The average Bonchev–Trinajstić information content (AvgIpc) is 2.42. The summed E-state index contributed by atoms with van der Waals surface area (Å²) in [5.41, 5.74) is 1.29. The highest BCUT2D eigenvalue weighted by molar-refractivity contribution is 5.88. The van der Waals surface area contributed by atoms with Crippen LogP contribution in [0.15, 0.2) is 18.3 Å². The minimum atomic E-state index is -0.366. The van der Waals surface area contributed by atoms with Crippen molar-refractivity contribution in [1.82, 2.24) is 4.98 Å². The quantitative estimate of drug-likeness (QED) is 0.526. The van der Waals surface area contributed by atoms with Crippen molar-refractivity contribution >= 4 is 5.97 Å². The Labute approximate surface area is 108 Å². The number of rotatable bonds is 8. The highest BCUT2D eigenvalue weighted by Crippen LogP contribution is 2.04. The molecule has 1 heterocycles. The molecule has 0 bridgehead atoms. The average molecular weight is 251 g/mol. The molecule has 0 spiro atoms. The van der Waals surface area contributed by atoms with Gasteiger partial charge in [-0.2, -0.15) is 0 Å². The highest BCUT2D eigenvalue weighted by atomic mass is 16.5. The molecule has 1 aromatic heterocycles. The third kappa shape index (κ3) is 5.27. The van der Waals surface area contributed by atoms with E-state index in [2.05, 4.69) is 16.6 Å². The Morgan fingerprint density at radius 2 is 2.11 bits per heavy atom. The summed E-state index contributed by atoms with van der Waals surface area (Å²) < 4.78 is 10.1. The molecule has 0 saturated carbocycles. The molecule has 4 nitrogen and oxygen atoms in total. The van der Waals surface area contributed by atoms with Crippen molar-refractivity contribution in [1.29, 1.82) is 0 Å². The van der Waals surface area contributed by atoms with Gasteiger partial charge in [0.15, 0.2) is 0 Å². The van der Waals surface area contributed by atoms with Crippen molar-refractivity contribution in [2.75, 3.05) is 13.7 Å². The largest absolute Gasteiger partial charge is 0.465 e. The van der Waals surface area contributed by atoms with Crippen LogP contribution in [0.3, 0.4) is 0 Å². The highest BCUT2D eigenvalue weighted by Gasteiger charge is 2.05. The molecule has 0 N–H and O–H groups in total. The Morgan fingerprint density at radius 1 is 1.28 bits per heavy atom. The maximum atomic E-state index is 11.2. The second-order valence-electron chi connectivity index (χ2n) is 4.14. The summed E-state index contributed by atoms with van der Waals surface area (Å²) in [6.07, 6.45) is 6.31. The molecule has 1 aromatic rings. The molecule has 0 saturated heterocycles. The number of aromatic nitrogens is 1. The summed E-state index contributed by atoms with van der Waals surface area (Å²) in [4.78, 5) is 15.3. The first kappa shape index (κ1) is 14.6. The Kier molecular flexibility index (Phi) is 7.03. The molecule has 18 heavy (non-hydrogen) atoms. The first-order valence-electron chi connectivity index (χ1n) is 6.39. The van der Waals surface area contributed by atoms with Crippen LogP contribution in [-0.4, -0.2) is 24.7 Å². The van der Waals surface area contributed by atoms with Crippen LogP contribution in [0.2, 0.25) is 0 Å². The summed E-state index contributed by atoms with van der Waals surface area (Å²) in [7, 11) is 1.36. The fourth-order valence-electron chi connectivity index (χ4n) is 1.56. The molecule has 0 aliphatic carbocycles. The number of esters is 1. The van der Waals surface area contributed by atoms with E-state index in [9.17, 15) is 4.79 Å². The Morgan fingerprint density at radius 3 is 2.72 bits per heavy atom. The Bertz CT molecular complexity index is 349. The maximum absolute atomic E-state index is 11.2. The molecule has 100 valence electrons. The summed E-state index contributed by atoms with van der Waals surface area (Å²) in [5, 5.41) is 0. The second-order valence-corrected chi connectivity index (χ2v) is 4.14. The standard InChI is InChI=1S/C14H21NO3/c1-3-4-5-6-9-18-11-13-8-7-12(10-15-13)14(16)17-2/h7-8,10H,3-6,9,11H2,1-2H3. The number of ether oxygens (including phenoxy) is 2. The van der Waals surface area contributed by atoms with E-state index >= 15 is 0 Å². The lowest BCUT2D eigenvalue weighted by atomic mass is 10.2. The van der Waals surface area contributed by atoms with Crippen LogP contribution in [0.1, 0.15) is 48.7 Å². The topological polar surface area (TPSA) is 48.4 Å². The van der Waals surface area contributed by atoms with Gasteiger partial charge in [0.1, 0.15) is 0 Å². The van der Waals surface area contributed by atoms with Crippen LogP contribution in [0.25, 0.3) is 0 Å². The number of unbranched alkanes of at least 4 members (excludes halogenated alkanes) is 3. The first-order valence-corrected chi connectivity index (χ1v) is 6.39. The van der Waals surface area contributed by atoms with Gasteiger partial charge in [0.05, 0.1) is 25.0 Å². The molecule has 0 aliphatic heterocycles. The number of hydrogen-bond acceptors (Lipinski definition) is 4. The van der Waals surface area contributed by atoms with E-state index in [0.717, 1.165) is 18.7 Å². The smallest absolute Gasteiger partial charge is 0.339 e. The van der Waals surface area contributed by atoms with Gasteiger partial charge in [0, 0.05) is 12.8 Å². The lowest BCUT2D eigenvalue weighted by molar-refractivity contribution is 0.0600. The van der Waals surface area contributed by atoms with E-state index in [1.165, 1.54) is 32.6 Å². The number of carbonyl (C=O) groups is 1. The van der Waals surface area contributed by atoms with Gasteiger partial charge >= 0.3 is 5.97 Å². The van der Waals surface area contributed by atoms with E-state index < -0.39 is 0 Å². The van der Waals surface area contributed by atoms with Gasteiger partial charge in [-0.3, -0.25) is 4.98 Å². The SMILES string of the molecule is CCCCCCOCc1ccc(C(=O)OC)cn1. The zero-order chi connectivity index (χ0) is 13.2. The zero-order valence-corrected chi connectivity index (χ0v) is 11.1. The number of hydrogen-bond donors (Lipinski definition) is 0. The van der Waals surface area contributed by atoms with Gasteiger partial charge < -0.3 is 9.47 Å². The van der Waals surface area contributed by atoms with Crippen molar-refractivity contribution in [3.8, 4) is 0 Å². The minimum absolute atomic E-state index is 0.366. The second kappa shape index (κ2) is 8.64. The lowest BCUT2D eigenvalue weighted by Crippen LogP contribution is -2.03. The monoisotopic (exact) mass is 251 g/mol. The van der Waals surface area contributed by atoms with Crippen LogP contribution in [0, 0.1) is 0 Å². The van der Waals surface area contributed by atoms with Crippen LogP contribution in [-0.2, 0) is 16.1 Å². The number of nitrogens with zero attached hydrogens (tertiary/aromatic N) is 1.